The second-order valence-corrected chi connectivity index (χ2v) is 4.59. The van der Waals surface area contributed by atoms with Crippen molar-refractivity contribution in [1.82, 2.24) is 4.90 Å². The summed E-state index contributed by atoms with van der Waals surface area (Å²) in [7, 11) is 5.19. The van der Waals surface area contributed by atoms with Crippen molar-refractivity contribution in [2.75, 3.05) is 34.4 Å². The van der Waals surface area contributed by atoms with Crippen molar-refractivity contribution in [3.8, 4) is 11.5 Å². The number of methoxy groups -OCH3 is 1. The summed E-state index contributed by atoms with van der Waals surface area (Å²) < 4.78 is 10.5. The van der Waals surface area contributed by atoms with Crippen LogP contribution in [0.4, 0.5) is 5.69 Å². The number of hydrogen-bond acceptors (Lipinski definition) is 6. The number of ether oxygens (including phenoxy) is 2. The van der Waals surface area contributed by atoms with Crippen LogP contribution >= 0.6 is 0 Å². The van der Waals surface area contributed by atoms with E-state index in [1.807, 2.05) is 19.0 Å². The third-order valence-electron chi connectivity index (χ3n) is 2.72. The molecule has 1 N–H and O–H groups in total. The molecule has 0 heterocycles. The molecule has 0 aliphatic rings. The zero-order valence-electron chi connectivity index (χ0n) is 12.2. The fourth-order valence-corrected chi connectivity index (χ4v) is 1.71. The van der Waals surface area contributed by atoms with Gasteiger partial charge in [-0.2, -0.15) is 0 Å². The highest BCUT2D eigenvalue weighted by Gasteiger charge is 2.24. The molecular formula is C13H18N2O6. The van der Waals surface area contributed by atoms with Crippen molar-refractivity contribution in [1.29, 1.82) is 0 Å². The molecule has 0 aliphatic heterocycles. The number of benzene rings is 1. The molecule has 0 radical (unpaired) electrons. The van der Waals surface area contributed by atoms with Gasteiger partial charge < -0.3 is 19.5 Å². The molecule has 0 amide bonds. The molecular weight excluding hydrogens is 280 g/mol. The number of nitrogens with zero attached hydrogens (tertiary/aromatic N) is 2. The van der Waals surface area contributed by atoms with Gasteiger partial charge in [0.05, 0.1) is 24.7 Å². The summed E-state index contributed by atoms with van der Waals surface area (Å²) in [5, 5.41) is 19.9. The summed E-state index contributed by atoms with van der Waals surface area (Å²) in [5.74, 6) is -1.07. The van der Waals surface area contributed by atoms with Gasteiger partial charge >= 0.3 is 5.97 Å². The number of rotatable bonds is 8. The number of nitro groups is 1. The van der Waals surface area contributed by atoms with Crippen LogP contribution in [0.15, 0.2) is 12.1 Å². The van der Waals surface area contributed by atoms with Crippen LogP contribution in [-0.4, -0.2) is 55.3 Å². The lowest BCUT2D eigenvalue weighted by molar-refractivity contribution is -0.385. The first-order chi connectivity index (χ1) is 9.86. The van der Waals surface area contributed by atoms with Gasteiger partial charge in [0.15, 0.2) is 11.5 Å². The van der Waals surface area contributed by atoms with E-state index in [1.54, 1.807) is 0 Å². The summed E-state index contributed by atoms with van der Waals surface area (Å²) in [4.78, 5) is 23.2. The Morgan fingerprint density at radius 2 is 2.05 bits per heavy atom. The van der Waals surface area contributed by atoms with Crippen molar-refractivity contribution in [2.45, 2.75) is 6.42 Å². The Kier molecular flexibility index (Phi) is 5.92. The summed E-state index contributed by atoms with van der Waals surface area (Å²) in [6.07, 6.45) is 0.727. The molecule has 21 heavy (non-hydrogen) atoms. The van der Waals surface area contributed by atoms with Crippen LogP contribution in [0.2, 0.25) is 0 Å². The topological polar surface area (TPSA) is 102 Å². The number of carbonyl (C=O) groups is 1. The van der Waals surface area contributed by atoms with E-state index in [1.165, 1.54) is 7.11 Å². The molecule has 0 saturated heterocycles. The van der Waals surface area contributed by atoms with Crippen molar-refractivity contribution < 1.29 is 24.3 Å². The van der Waals surface area contributed by atoms with Crippen LogP contribution in [0.3, 0.4) is 0 Å². The molecule has 0 spiro atoms. The van der Waals surface area contributed by atoms with E-state index in [0.717, 1.165) is 25.1 Å². The SMILES string of the molecule is COc1cc(C(=O)O)c([N+](=O)[O-])cc1OCCCN(C)C. The molecule has 0 aliphatic carbocycles. The molecule has 8 nitrogen and oxygen atoms in total. The summed E-state index contributed by atoms with van der Waals surface area (Å²) in [5.41, 5.74) is -0.955. The van der Waals surface area contributed by atoms with Crippen LogP contribution in [0, 0.1) is 10.1 Å². The number of hydrogen-bond donors (Lipinski definition) is 1. The van der Waals surface area contributed by atoms with Gasteiger partial charge in [-0.05, 0) is 20.5 Å². The number of nitro benzene ring substituents is 1. The molecule has 0 unspecified atom stereocenters. The normalized spacial score (nSPS) is 10.5. The second kappa shape index (κ2) is 7.44. The maximum Gasteiger partial charge on any atom is 0.342 e. The second-order valence-electron chi connectivity index (χ2n) is 4.59. The first kappa shape index (κ1) is 16.7. The minimum absolute atomic E-state index is 0.155. The van der Waals surface area contributed by atoms with Gasteiger partial charge in [0.25, 0.3) is 5.69 Å². The van der Waals surface area contributed by atoms with Crippen molar-refractivity contribution in [2.24, 2.45) is 0 Å². The van der Waals surface area contributed by atoms with Crippen LogP contribution in [-0.2, 0) is 0 Å². The fraction of sp³-hybridized carbons (Fsp3) is 0.462. The Labute approximate surface area is 122 Å². The molecule has 1 aromatic rings. The fourth-order valence-electron chi connectivity index (χ4n) is 1.71. The summed E-state index contributed by atoms with van der Waals surface area (Å²) >= 11 is 0. The first-order valence-corrected chi connectivity index (χ1v) is 6.24. The van der Waals surface area contributed by atoms with Gasteiger partial charge in [-0.15, -0.1) is 0 Å². The number of carboxylic acids is 1. The van der Waals surface area contributed by atoms with E-state index >= 15 is 0 Å². The average molecular weight is 298 g/mol. The van der Waals surface area contributed by atoms with Gasteiger partial charge in [0.2, 0.25) is 0 Å². The predicted molar refractivity (Wildman–Crippen MR) is 75.3 cm³/mol. The number of aromatic carboxylic acids is 1. The van der Waals surface area contributed by atoms with Crippen molar-refractivity contribution in [3.63, 3.8) is 0 Å². The van der Waals surface area contributed by atoms with Crippen LogP contribution in [0.25, 0.3) is 0 Å². The Balaban J connectivity index is 2.99. The standard InChI is InChI=1S/C13H18N2O6/c1-14(2)5-4-6-21-12-8-10(15(18)19)9(13(16)17)7-11(12)20-3/h7-8H,4-6H2,1-3H3,(H,16,17). The molecule has 0 bridgehead atoms. The molecule has 0 fully saturated rings. The molecule has 1 aromatic carbocycles. The molecule has 8 heteroatoms. The van der Waals surface area contributed by atoms with E-state index < -0.39 is 22.1 Å². The highest BCUT2D eigenvalue weighted by Crippen LogP contribution is 2.34. The van der Waals surface area contributed by atoms with Gasteiger partial charge in [0, 0.05) is 12.6 Å². The smallest absolute Gasteiger partial charge is 0.342 e. The lowest BCUT2D eigenvalue weighted by Gasteiger charge is -2.13. The lowest BCUT2D eigenvalue weighted by Crippen LogP contribution is -2.15. The number of carboxylic acid groups (broad SMARTS) is 1. The van der Waals surface area contributed by atoms with Gasteiger partial charge in [-0.1, -0.05) is 0 Å². The molecule has 0 aromatic heterocycles. The van der Waals surface area contributed by atoms with Crippen molar-refractivity contribution in [3.05, 3.63) is 27.8 Å². The molecule has 116 valence electrons. The van der Waals surface area contributed by atoms with Gasteiger partial charge in [0.1, 0.15) is 5.56 Å². The first-order valence-electron chi connectivity index (χ1n) is 6.24. The van der Waals surface area contributed by atoms with Crippen LogP contribution < -0.4 is 9.47 Å². The largest absolute Gasteiger partial charge is 0.493 e. The van der Waals surface area contributed by atoms with Gasteiger partial charge in [-0.25, -0.2) is 4.79 Å². The lowest BCUT2D eigenvalue weighted by atomic mass is 10.1. The minimum atomic E-state index is -1.39. The Morgan fingerprint density at radius 3 is 2.52 bits per heavy atom. The average Bonchev–Trinajstić information content (AvgIpc) is 2.42. The highest BCUT2D eigenvalue weighted by atomic mass is 16.6. The third-order valence-corrected chi connectivity index (χ3v) is 2.72. The third kappa shape index (κ3) is 4.60. The van der Waals surface area contributed by atoms with E-state index in [-0.39, 0.29) is 11.5 Å². The molecule has 1 rings (SSSR count). The van der Waals surface area contributed by atoms with Gasteiger partial charge in [-0.3, -0.25) is 10.1 Å². The predicted octanol–water partition coefficient (Wildman–Crippen LogP) is 1.63. The quantitative estimate of drug-likeness (QED) is 0.442. The Morgan fingerprint density at radius 1 is 1.38 bits per heavy atom. The maximum atomic E-state index is 11.0. The Hall–Kier alpha value is -2.35. The van der Waals surface area contributed by atoms with E-state index in [2.05, 4.69) is 0 Å². The molecule has 0 saturated carbocycles. The summed E-state index contributed by atoms with van der Waals surface area (Å²) in [6, 6.07) is 2.18. The van der Waals surface area contributed by atoms with E-state index in [0.29, 0.717) is 6.61 Å². The Bertz CT molecular complexity index is 530. The van der Waals surface area contributed by atoms with E-state index in [4.69, 9.17) is 14.6 Å². The van der Waals surface area contributed by atoms with Crippen LogP contribution in [0.1, 0.15) is 16.8 Å². The monoisotopic (exact) mass is 298 g/mol. The minimum Gasteiger partial charge on any atom is -0.493 e. The van der Waals surface area contributed by atoms with Crippen LogP contribution in [0.5, 0.6) is 11.5 Å². The maximum absolute atomic E-state index is 11.0. The zero-order valence-corrected chi connectivity index (χ0v) is 12.2. The van der Waals surface area contributed by atoms with Crippen molar-refractivity contribution >= 4 is 11.7 Å². The molecule has 0 atom stereocenters. The summed E-state index contributed by atoms with van der Waals surface area (Å²) in [6.45, 7) is 1.15. The van der Waals surface area contributed by atoms with E-state index in [9.17, 15) is 14.9 Å². The zero-order chi connectivity index (χ0) is 16.0. The highest BCUT2D eigenvalue weighted by molar-refractivity contribution is 5.93.